The zero-order chi connectivity index (χ0) is 18.8. The minimum atomic E-state index is -1.03. The van der Waals surface area contributed by atoms with Crippen LogP contribution in [0.3, 0.4) is 0 Å². The molecular weight excluding hydrogens is 363 g/mol. The third-order valence-electron chi connectivity index (χ3n) is 4.01. The van der Waals surface area contributed by atoms with Crippen molar-refractivity contribution in [3.05, 3.63) is 35.3 Å². The van der Waals surface area contributed by atoms with Gasteiger partial charge in [0.1, 0.15) is 11.1 Å². The molecular formula is C16H17FN4O4S. The van der Waals surface area contributed by atoms with Crippen LogP contribution in [0, 0.1) is 12.7 Å². The van der Waals surface area contributed by atoms with Crippen LogP contribution in [0.2, 0.25) is 0 Å². The Morgan fingerprint density at radius 3 is 2.88 bits per heavy atom. The number of halogens is 1. The fourth-order valence-electron chi connectivity index (χ4n) is 2.71. The molecule has 1 aliphatic rings. The van der Waals surface area contributed by atoms with Gasteiger partial charge in [0.2, 0.25) is 0 Å². The van der Waals surface area contributed by atoms with Gasteiger partial charge in [0, 0.05) is 24.7 Å². The van der Waals surface area contributed by atoms with Crippen LogP contribution >= 0.6 is 11.5 Å². The highest BCUT2D eigenvalue weighted by atomic mass is 32.1. The zero-order valence-corrected chi connectivity index (χ0v) is 14.7. The summed E-state index contributed by atoms with van der Waals surface area (Å²) in [6.45, 7) is 2.18. The van der Waals surface area contributed by atoms with E-state index in [-0.39, 0.29) is 17.9 Å². The number of amides is 2. The maximum Gasteiger partial charge on any atom is 0.407 e. The molecule has 1 atom stereocenters. The molecule has 138 valence electrons. The van der Waals surface area contributed by atoms with E-state index in [0.29, 0.717) is 29.3 Å². The second-order valence-corrected chi connectivity index (χ2v) is 6.67. The Hall–Kier alpha value is -2.88. The first-order chi connectivity index (χ1) is 12.3. The van der Waals surface area contributed by atoms with Crippen LogP contribution in [0.5, 0.6) is 5.75 Å². The normalized spacial score (nSPS) is 16.5. The van der Waals surface area contributed by atoms with Crippen LogP contribution < -0.4 is 15.8 Å². The number of likely N-dealkylation sites (tertiary alicyclic amines) is 1. The highest BCUT2D eigenvalue weighted by Crippen LogP contribution is 2.27. The van der Waals surface area contributed by atoms with Crippen LogP contribution in [0.1, 0.15) is 22.5 Å². The van der Waals surface area contributed by atoms with E-state index < -0.39 is 23.9 Å². The Bertz CT molecular complexity index is 837. The van der Waals surface area contributed by atoms with Crippen molar-refractivity contribution in [2.75, 3.05) is 24.1 Å². The molecule has 2 amide bonds. The number of hydrogen-bond acceptors (Lipinski definition) is 6. The number of benzene rings is 1. The molecule has 1 fully saturated rings. The molecule has 8 nitrogen and oxygen atoms in total. The summed E-state index contributed by atoms with van der Waals surface area (Å²) >= 11 is 1.03. The van der Waals surface area contributed by atoms with E-state index in [2.05, 4.69) is 9.69 Å². The number of nitrogens with zero attached hydrogens (tertiary/aromatic N) is 2. The number of rotatable bonds is 4. The van der Waals surface area contributed by atoms with Crippen molar-refractivity contribution in [2.24, 2.45) is 0 Å². The zero-order valence-electron chi connectivity index (χ0n) is 13.9. The summed E-state index contributed by atoms with van der Waals surface area (Å²) in [5, 5.41) is 11.9. The molecule has 1 saturated heterocycles. The number of nitrogens with two attached hydrogens (primary N) is 1. The van der Waals surface area contributed by atoms with E-state index in [9.17, 15) is 14.0 Å². The van der Waals surface area contributed by atoms with Crippen molar-refractivity contribution in [2.45, 2.75) is 19.4 Å². The Morgan fingerprint density at radius 2 is 2.27 bits per heavy atom. The predicted molar refractivity (Wildman–Crippen MR) is 94.2 cm³/mol. The maximum atomic E-state index is 14.0. The second-order valence-electron chi connectivity index (χ2n) is 5.86. The van der Waals surface area contributed by atoms with Crippen molar-refractivity contribution in [3.63, 3.8) is 0 Å². The Morgan fingerprint density at radius 1 is 1.50 bits per heavy atom. The standard InChI is InChI=1S/C16H17FN4O4S/c1-8-13(14(18)26-20-8)15(22)19-9-2-3-11(17)12(6-9)25-10-4-5-21(7-10)16(23)24/h2-3,6,10H,4-5,7,18H2,1H3,(H,19,22)(H,23,24)/t10-/m1/s1. The summed E-state index contributed by atoms with van der Waals surface area (Å²) in [7, 11) is 0. The van der Waals surface area contributed by atoms with Gasteiger partial charge >= 0.3 is 6.09 Å². The van der Waals surface area contributed by atoms with Crippen LogP contribution in [-0.4, -0.2) is 45.6 Å². The van der Waals surface area contributed by atoms with E-state index >= 15 is 0 Å². The minimum Gasteiger partial charge on any atom is -0.485 e. The van der Waals surface area contributed by atoms with Gasteiger partial charge in [-0.3, -0.25) is 4.79 Å². The SMILES string of the molecule is Cc1nsc(N)c1C(=O)Nc1ccc(F)c(O[C@@H]2CCN(C(=O)O)C2)c1. The van der Waals surface area contributed by atoms with Gasteiger partial charge in [-0.1, -0.05) is 0 Å². The third-order valence-corrected chi connectivity index (χ3v) is 4.78. The third kappa shape index (κ3) is 3.69. The maximum absolute atomic E-state index is 14.0. The van der Waals surface area contributed by atoms with Crippen LogP contribution in [0.25, 0.3) is 0 Å². The molecule has 0 bridgehead atoms. The van der Waals surface area contributed by atoms with E-state index in [4.69, 9.17) is 15.6 Å². The van der Waals surface area contributed by atoms with Crippen molar-refractivity contribution >= 4 is 34.2 Å². The summed E-state index contributed by atoms with van der Waals surface area (Å²) in [6.07, 6.45) is -1.00. The van der Waals surface area contributed by atoms with Gasteiger partial charge in [0.05, 0.1) is 17.8 Å². The van der Waals surface area contributed by atoms with Gasteiger partial charge in [0.25, 0.3) is 5.91 Å². The number of hydrogen-bond donors (Lipinski definition) is 3. The fourth-order valence-corrected chi connectivity index (χ4v) is 3.36. The Kier molecular flexibility index (Phi) is 4.94. The van der Waals surface area contributed by atoms with Crippen molar-refractivity contribution < 1.29 is 23.8 Å². The number of ether oxygens (including phenoxy) is 1. The van der Waals surface area contributed by atoms with E-state index in [1.807, 2.05) is 0 Å². The minimum absolute atomic E-state index is 0.0480. The van der Waals surface area contributed by atoms with E-state index in [1.54, 1.807) is 6.92 Å². The van der Waals surface area contributed by atoms with Gasteiger partial charge in [-0.15, -0.1) is 0 Å². The van der Waals surface area contributed by atoms with Crippen molar-refractivity contribution in [1.82, 2.24) is 9.27 Å². The van der Waals surface area contributed by atoms with Crippen LogP contribution in [0.4, 0.5) is 19.9 Å². The number of nitrogens with one attached hydrogen (secondary N) is 1. The average molecular weight is 380 g/mol. The number of aryl methyl sites for hydroxylation is 1. The number of carbonyl (C=O) groups is 2. The molecule has 2 heterocycles. The molecule has 0 unspecified atom stereocenters. The summed E-state index contributed by atoms with van der Waals surface area (Å²) < 4.78 is 23.6. The fraction of sp³-hybridized carbons (Fsp3) is 0.312. The molecule has 2 aromatic rings. The number of aromatic nitrogens is 1. The number of anilines is 2. The van der Waals surface area contributed by atoms with Crippen LogP contribution in [-0.2, 0) is 0 Å². The highest BCUT2D eigenvalue weighted by molar-refractivity contribution is 7.10. The summed E-state index contributed by atoms with van der Waals surface area (Å²) in [6, 6.07) is 3.95. The van der Waals surface area contributed by atoms with Gasteiger partial charge in [-0.25, -0.2) is 9.18 Å². The molecule has 1 aromatic heterocycles. The summed E-state index contributed by atoms with van der Waals surface area (Å²) in [5.74, 6) is -1.08. The van der Waals surface area contributed by atoms with Crippen LogP contribution in [0.15, 0.2) is 18.2 Å². The van der Waals surface area contributed by atoms with Crippen molar-refractivity contribution in [1.29, 1.82) is 0 Å². The second kappa shape index (κ2) is 7.16. The number of carboxylic acid groups (broad SMARTS) is 1. The Labute approximate surface area is 152 Å². The number of carbonyl (C=O) groups excluding carboxylic acids is 1. The first kappa shape index (κ1) is 17.9. The molecule has 0 spiro atoms. The first-order valence-electron chi connectivity index (χ1n) is 7.82. The van der Waals surface area contributed by atoms with E-state index in [0.717, 1.165) is 11.5 Å². The molecule has 1 aromatic carbocycles. The summed E-state index contributed by atoms with van der Waals surface area (Å²) in [4.78, 5) is 24.5. The molecule has 3 rings (SSSR count). The smallest absolute Gasteiger partial charge is 0.407 e. The molecule has 26 heavy (non-hydrogen) atoms. The largest absolute Gasteiger partial charge is 0.485 e. The van der Waals surface area contributed by atoms with Gasteiger partial charge in [-0.05, 0) is 30.6 Å². The predicted octanol–water partition coefficient (Wildman–Crippen LogP) is 2.56. The monoisotopic (exact) mass is 380 g/mol. The lowest BCUT2D eigenvalue weighted by molar-refractivity contribution is 0.102. The van der Waals surface area contributed by atoms with E-state index in [1.165, 1.54) is 23.1 Å². The molecule has 0 aliphatic carbocycles. The van der Waals surface area contributed by atoms with Gasteiger partial charge in [-0.2, -0.15) is 4.37 Å². The van der Waals surface area contributed by atoms with Gasteiger partial charge < -0.3 is 25.8 Å². The van der Waals surface area contributed by atoms with Crippen molar-refractivity contribution in [3.8, 4) is 5.75 Å². The van der Waals surface area contributed by atoms with Gasteiger partial charge in [0.15, 0.2) is 11.6 Å². The lowest BCUT2D eigenvalue weighted by atomic mass is 10.2. The quantitative estimate of drug-likeness (QED) is 0.750. The molecule has 0 saturated carbocycles. The molecule has 1 aliphatic heterocycles. The lowest BCUT2D eigenvalue weighted by Gasteiger charge is -2.16. The number of nitrogen functional groups attached to an aromatic ring is 1. The average Bonchev–Trinajstić information content (AvgIpc) is 3.17. The highest BCUT2D eigenvalue weighted by Gasteiger charge is 2.28. The first-order valence-corrected chi connectivity index (χ1v) is 8.59. The Balaban J connectivity index is 1.72. The molecule has 10 heteroatoms. The molecule has 4 N–H and O–H groups in total. The lowest BCUT2D eigenvalue weighted by Crippen LogP contribution is -2.29. The summed E-state index contributed by atoms with van der Waals surface area (Å²) in [5.41, 5.74) is 6.90. The topological polar surface area (TPSA) is 118 Å². The molecule has 0 radical (unpaired) electrons.